The number of sulfonamides is 1. The number of aliphatic hydroxyl groups is 1. The van der Waals surface area contributed by atoms with E-state index in [0.29, 0.717) is 19.3 Å². The number of benzene rings is 1. The second kappa shape index (κ2) is 17.1. The minimum atomic E-state index is -3.72. The molecule has 3 fully saturated rings. The van der Waals surface area contributed by atoms with Gasteiger partial charge in [-0.15, -0.1) is 0 Å². The lowest BCUT2D eigenvalue weighted by Gasteiger charge is -2.47. The predicted octanol–water partition coefficient (Wildman–Crippen LogP) is 3.58. The molecular formula is C39H63N3O10S. The van der Waals surface area contributed by atoms with Gasteiger partial charge in [0.1, 0.15) is 17.6 Å². The zero-order chi connectivity index (χ0) is 39.6. The molecule has 0 aromatic heterocycles. The highest BCUT2D eigenvalue weighted by molar-refractivity contribution is 7.89. The molecule has 300 valence electrons. The number of ether oxygens (including phenoxy) is 4. The first kappa shape index (κ1) is 43.3. The molecule has 13 nitrogen and oxygen atoms in total. The van der Waals surface area contributed by atoms with E-state index in [-0.39, 0.29) is 61.0 Å². The summed E-state index contributed by atoms with van der Waals surface area (Å²) in [6.07, 6.45) is -2.47. The minimum Gasteiger partial charge on any atom is -0.461 e. The zero-order valence-corrected chi connectivity index (χ0v) is 34.3. The first-order valence-electron chi connectivity index (χ1n) is 19.0. The molecular weight excluding hydrogens is 703 g/mol. The number of hydrogen-bond acceptors (Lipinski definition) is 11. The Hall–Kier alpha value is -2.46. The maximum Gasteiger partial charge on any atom is 0.319 e. The Morgan fingerprint density at radius 2 is 1.57 bits per heavy atom. The number of methoxy groups -OCH3 is 1. The lowest BCUT2D eigenvalue weighted by Crippen LogP contribution is -2.59. The van der Waals surface area contributed by atoms with Crippen molar-refractivity contribution in [3.63, 3.8) is 0 Å². The van der Waals surface area contributed by atoms with Crippen molar-refractivity contribution in [2.75, 3.05) is 47.4 Å². The number of hydrogen-bond donors (Lipinski definition) is 1. The van der Waals surface area contributed by atoms with Gasteiger partial charge in [-0.3, -0.25) is 14.4 Å². The van der Waals surface area contributed by atoms with Gasteiger partial charge >= 0.3 is 5.97 Å². The number of ketones is 1. The third-order valence-electron chi connectivity index (χ3n) is 11.8. The Morgan fingerprint density at radius 3 is 2.13 bits per heavy atom. The molecule has 0 radical (unpaired) electrons. The fraction of sp³-hybridized carbons (Fsp3) is 0.769. The summed E-state index contributed by atoms with van der Waals surface area (Å²) in [5.41, 5.74) is -2.69. The highest BCUT2D eigenvalue weighted by atomic mass is 32.2. The van der Waals surface area contributed by atoms with Crippen LogP contribution in [0.15, 0.2) is 35.2 Å². The number of cyclic esters (lactones) is 1. The number of esters is 1. The van der Waals surface area contributed by atoms with Crippen LogP contribution in [0.25, 0.3) is 0 Å². The highest BCUT2D eigenvalue weighted by Gasteiger charge is 2.52. The molecule has 3 aliphatic heterocycles. The van der Waals surface area contributed by atoms with E-state index in [1.165, 1.54) is 18.2 Å². The van der Waals surface area contributed by atoms with Crippen molar-refractivity contribution in [2.45, 2.75) is 122 Å². The number of carbonyl (C=O) groups is 3. The lowest BCUT2D eigenvalue weighted by atomic mass is 9.73. The van der Waals surface area contributed by atoms with E-state index in [1.54, 1.807) is 56.2 Å². The first-order chi connectivity index (χ1) is 24.6. The molecule has 1 unspecified atom stereocenters. The van der Waals surface area contributed by atoms with Crippen LogP contribution in [0.5, 0.6) is 0 Å². The summed E-state index contributed by atoms with van der Waals surface area (Å²) in [4.78, 5) is 46.5. The SMILES string of the molecule is CO[C@]1(C)C[C@@H](C)CC(C)[C@@H](C(=O)N2CCN(S(=O)(=O)c3ccccc3)CC2)[C@H](C)OC(=O)C(C)(C)C(=O)[C@H](C)[C@H]1O[C@@H]1O[C@H](C)C[C@H](N(C)C)[C@H]1O. The van der Waals surface area contributed by atoms with Gasteiger partial charge in [-0.05, 0) is 91.9 Å². The number of likely N-dealkylation sites (N-methyl/N-ethyl adjacent to an activating group) is 1. The molecule has 0 spiro atoms. The van der Waals surface area contributed by atoms with Gasteiger partial charge in [0.05, 0.1) is 28.6 Å². The Labute approximate surface area is 316 Å². The third-order valence-corrected chi connectivity index (χ3v) is 13.7. The van der Waals surface area contributed by atoms with E-state index in [0.717, 1.165) is 0 Å². The molecule has 4 rings (SSSR count). The number of rotatable bonds is 7. The summed E-state index contributed by atoms with van der Waals surface area (Å²) in [5, 5.41) is 11.4. The second-order valence-corrected chi connectivity index (χ2v) is 18.6. The quantitative estimate of drug-likeness (QED) is 0.321. The number of Topliss-reactive ketones (excluding diaryl/α,β-unsaturated/α-hetero) is 1. The van der Waals surface area contributed by atoms with Gasteiger partial charge in [0.25, 0.3) is 0 Å². The Kier molecular flexibility index (Phi) is 14.0. The van der Waals surface area contributed by atoms with E-state index in [4.69, 9.17) is 18.9 Å². The molecule has 3 aliphatic rings. The van der Waals surface area contributed by atoms with Crippen LogP contribution in [0.1, 0.15) is 74.7 Å². The number of carbonyl (C=O) groups excluding carboxylic acids is 3. The molecule has 53 heavy (non-hydrogen) atoms. The molecule has 1 aromatic carbocycles. The molecule has 1 amide bonds. The molecule has 14 heteroatoms. The van der Waals surface area contributed by atoms with Crippen molar-refractivity contribution >= 4 is 27.7 Å². The van der Waals surface area contributed by atoms with Crippen LogP contribution in [0.4, 0.5) is 0 Å². The summed E-state index contributed by atoms with van der Waals surface area (Å²) >= 11 is 0. The summed E-state index contributed by atoms with van der Waals surface area (Å²) < 4.78 is 53.0. The number of nitrogens with zero attached hydrogens (tertiary/aromatic N) is 3. The predicted molar refractivity (Wildman–Crippen MR) is 199 cm³/mol. The van der Waals surface area contributed by atoms with Crippen molar-refractivity contribution in [1.29, 1.82) is 0 Å². The van der Waals surface area contributed by atoms with Crippen LogP contribution in [0.3, 0.4) is 0 Å². The van der Waals surface area contributed by atoms with Crippen molar-refractivity contribution in [2.24, 2.45) is 29.1 Å². The van der Waals surface area contributed by atoms with E-state index in [1.807, 2.05) is 39.8 Å². The largest absolute Gasteiger partial charge is 0.461 e. The average Bonchev–Trinajstić information content (AvgIpc) is 3.10. The lowest BCUT2D eigenvalue weighted by molar-refractivity contribution is -0.295. The minimum absolute atomic E-state index is 0.0474. The van der Waals surface area contributed by atoms with E-state index < -0.39 is 69.2 Å². The van der Waals surface area contributed by atoms with Crippen LogP contribution in [0, 0.1) is 29.1 Å². The highest BCUT2D eigenvalue weighted by Crippen LogP contribution is 2.40. The van der Waals surface area contributed by atoms with Crippen LogP contribution < -0.4 is 0 Å². The van der Waals surface area contributed by atoms with Crippen molar-refractivity contribution in [1.82, 2.24) is 14.1 Å². The zero-order valence-electron chi connectivity index (χ0n) is 33.5. The smallest absolute Gasteiger partial charge is 0.319 e. The van der Waals surface area contributed by atoms with Crippen LogP contribution in [-0.4, -0.2) is 135 Å². The molecule has 0 aliphatic carbocycles. The maximum absolute atomic E-state index is 14.4. The molecule has 3 saturated heterocycles. The summed E-state index contributed by atoms with van der Waals surface area (Å²) in [5.74, 6) is -3.36. The molecule has 3 heterocycles. The van der Waals surface area contributed by atoms with Crippen LogP contribution in [-0.2, 0) is 43.4 Å². The van der Waals surface area contributed by atoms with Crippen molar-refractivity contribution in [3.8, 4) is 0 Å². The molecule has 1 aromatic rings. The summed E-state index contributed by atoms with van der Waals surface area (Å²) in [6.45, 7) is 14.9. The molecule has 0 saturated carbocycles. The maximum atomic E-state index is 14.4. The number of amides is 1. The van der Waals surface area contributed by atoms with Gasteiger partial charge in [0, 0.05) is 45.2 Å². The summed E-state index contributed by atoms with van der Waals surface area (Å²) in [7, 11) is 1.63. The number of piperazine rings is 1. The fourth-order valence-electron chi connectivity index (χ4n) is 8.67. The van der Waals surface area contributed by atoms with E-state index >= 15 is 0 Å². The number of aliphatic hydroxyl groups excluding tert-OH is 1. The van der Waals surface area contributed by atoms with Gasteiger partial charge in [-0.25, -0.2) is 8.42 Å². The van der Waals surface area contributed by atoms with Crippen molar-refractivity contribution in [3.05, 3.63) is 30.3 Å². The van der Waals surface area contributed by atoms with Gasteiger partial charge in [0.2, 0.25) is 15.9 Å². The Bertz CT molecular complexity index is 1530. The van der Waals surface area contributed by atoms with Gasteiger partial charge in [-0.1, -0.05) is 39.0 Å². The van der Waals surface area contributed by atoms with Crippen molar-refractivity contribution < 1.29 is 46.9 Å². The van der Waals surface area contributed by atoms with Gasteiger partial charge in [0.15, 0.2) is 12.1 Å². The normalized spacial score (nSPS) is 37.0. The van der Waals surface area contributed by atoms with Crippen LogP contribution in [0.2, 0.25) is 0 Å². The van der Waals surface area contributed by atoms with Gasteiger partial charge in [-0.2, -0.15) is 4.31 Å². The van der Waals surface area contributed by atoms with Gasteiger partial charge < -0.3 is 33.9 Å². The van der Waals surface area contributed by atoms with E-state index in [2.05, 4.69) is 6.92 Å². The molecule has 0 bridgehead atoms. The molecule has 11 atom stereocenters. The third kappa shape index (κ3) is 9.33. The monoisotopic (exact) mass is 765 g/mol. The second-order valence-electron chi connectivity index (χ2n) is 16.6. The van der Waals surface area contributed by atoms with Crippen LogP contribution >= 0.6 is 0 Å². The first-order valence-corrected chi connectivity index (χ1v) is 20.4. The Balaban J connectivity index is 1.63. The summed E-state index contributed by atoms with van der Waals surface area (Å²) in [6, 6.07) is 7.99. The molecule has 1 N–H and O–H groups in total. The Morgan fingerprint density at radius 1 is 0.962 bits per heavy atom. The van der Waals surface area contributed by atoms with E-state index in [9.17, 15) is 27.9 Å². The average molecular weight is 766 g/mol. The standard InChI is InChI=1S/C39H63N3O10S/c1-24-21-25(2)31(35(45)41-17-19-42(20-18-41)53(47,48)29-15-13-12-14-16-29)28(5)51-37(46)38(6,7)33(44)27(4)34(39(8,23-24)49-11)52-36-32(43)30(40(9)10)22-26(3)50-36/h12-16,24-28,30-32,34,36,43H,17-23H2,1-11H3/t24-,25?,26+,27-,28-,30-,31+,32+,34+,36-,39+/m0/s1. The topological polar surface area (TPSA) is 152 Å². The fourth-order valence-corrected chi connectivity index (χ4v) is 10.1.